The highest BCUT2D eigenvalue weighted by Crippen LogP contribution is 2.58. The number of ether oxygens (including phenoxy) is 2. The van der Waals surface area contributed by atoms with E-state index in [1.54, 1.807) is 6.07 Å². The van der Waals surface area contributed by atoms with Crippen LogP contribution >= 0.6 is 0 Å². The van der Waals surface area contributed by atoms with Gasteiger partial charge in [0.15, 0.2) is 6.10 Å². The molecule has 172 valence electrons. The van der Waals surface area contributed by atoms with E-state index in [-0.39, 0.29) is 11.3 Å². The van der Waals surface area contributed by atoms with Crippen molar-refractivity contribution in [2.75, 3.05) is 0 Å². The highest BCUT2D eigenvalue weighted by molar-refractivity contribution is 5.88. The highest BCUT2D eigenvalue weighted by Gasteiger charge is 2.52. The minimum Gasteiger partial charge on any atom is -0.479 e. The number of carboxylic acid groups (broad SMARTS) is 1. The summed E-state index contributed by atoms with van der Waals surface area (Å²) in [6.45, 7) is 2.11. The van der Waals surface area contributed by atoms with E-state index in [1.807, 2.05) is 12.1 Å². The molecule has 0 spiro atoms. The van der Waals surface area contributed by atoms with Crippen LogP contribution in [0, 0.1) is 11.3 Å². The van der Waals surface area contributed by atoms with Crippen LogP contribution in [0.5, 0.6) is 5.75 Å². The van der Waals surface area contributed by atoms with Crippen LogP contribution in [-0.2, 0) is 20.7 Å². The molecule has 2 saturated carbocycles. The second kappa shape index (κ2) is 7.66. The Morgan fingerprint density at radius 1 is 1.16 bits per heavy atom. The number of Topliss-reactive ketones (excluding diaryl/α,β-unsaturated/α-hetero) is 1. The number of rotatable bonds is 3. The molecule has 1 heterocycles. The minimum atomic E-state index is -1.76. The zero-order chi connectivity index (χ0) is 22.8. The van der Waals surface area contributed by atoms with Gasteiger partial charge in [-0.2, -0.15) is 0 Å². The fourth-order valence-corrected chi connectivity index (χ4v) is 6.08. The van der Waals surface area contributed by atoms with Crippen molar-refractivity contribution in [2.24, 2.45) is 11.3 Å². The summed E-state index contributed by atoms with van der Waals surface area (Å²) in [6, 6.07) is 5.58. The zero-order valence-electron chi connectivity index (χ0n) is 17.8. The summed E-state index contributed by atoms with van der Waals surface area (Å²) in [6.07, 6.45) is -1.86. The fraction of sp³-hybridized carbons (Fsp3) is 0.583. The molecular weight excluding hydrogens is 416 g/mol. The number of aliphatic carboxylic acids is 1. The number of aliphatic hydroxyl groups excluding tert-OH is 3. The smallest absolute Gasteiger partial charge is 0.335 e. The van der Waals surface area contributed by atoms with Crippen LogP contribution in [0.1, 0.15) is 49.7 Å². The van der Waals surface area contributed by atoms with Gasteiger partial charge in [-0.25, -0.2) is 4.79 Å². The molecule has 1 aliphatic heterocycles. The summed E-state index contributed by atoms with van der Waals surface area (Å²) in [5, 5.41) is 39.2. The highest BCUT2D eigenvalue weighted by atomic mass is 16.7. The number of carbonyl (C=O) groups is 2. The molecular formula is C24H28O8. The first-order valence-electron chi connectivity index (χ1n) is 11.2. The third-order valence-electron chi connectivity index (χ3n) is 7.94. The van der Waals surface area contributed by atoms with Crippen molar-refractivity contribution in [3.05, 3.63) is 41.0 Å². The summed E-state index contributed by atoms with van der Waals surface area (Å²) in [5.74, 6) is -0.0931. The Kier molecular flexibility index (Phi) is 5.16. The minimum absolute atomic E-state index is 0.233. The molecule has 4 N–H and O–H groups in total. The molecule has 8 nitrogen and oxygen atoms in total. The van der Waals surface area contributed by atoms with Gasteiger partial charge < -0.3 is 29.9 Å². The Morgan fingerprint density at radius 3 is 2.69 bits per heavy atom. The van der Waals surface area contributed by atoms with E-state index in [0.29, 0.717) is 30.3 Å². The van der Waals surface area contributed by atoms with Gasteiger partial charge >= 0.3 is 5.97 Å². The molecule has 3 unspecified atom stereocenters. The average Bonchev–Trinajstić information content (AvgIpc) is 3.08. The predicted octanol–water partition coefficient (Wildman–Crippen LogP) is 1.30. The normalized spacial score (nSPS) is 40.7. The van der Waals surface area contributed by atoms with Crippen molar-refractivity contribution in [3.8, 4) is 5.75 Å². The van der Waals surface area contributed by atoms with Gasteiger partial charge in [-0.05, 0) is 54.9 Å². The second-order valence-electron chi connectivity index (χ2n) is 9.64. The molecule has 0 amide bonds. The molecule has 4 aliphatic rings. The molecule has 1 aromatic carbocycles. The quantitative estimate of drug-likeness (QED) is 0.513. The molecule has 5 rings (SSSR count). The van der Waals surface area contributed by atoms with Crippen molar-refractivity contribution in [1.29, 1.82) is 0 Å². The summed E-state index contributed by atoms with van der Waals surface area (Å²) in [5.41, 5.74) is 3.42. The first-order chi connectivity index (χ1) is 15.2. The maximum atomic E-state index is 12.5. The van der Waals surface area contributed by atoms with Crippen LogP contribution in [0.4, 0.5) is 0 Å². The number of carboxylic acids is 1. The van der Waals surface area contributed by atoms with Crippen molar-refractivity contribution in [2.45, 2.75) is 75.7 Å². The molecule has 1 saturated heterocycles. The standard InChI is InChI=1S/C24H28O8/c1-24-9-8-14-13-5-3-12(10-11(13)2-4-15(14)16(24)6-7-17(24)25)31-23-20(28)18(26)19(27)21(32-23)22(29)30/h3-5,10,14,16,18-21,23,26-28H,2,6-9H2,1H3,(H,29,30)/t14-,16+,18?,19+,20?,21?,23+,24-/m0/s1. The number of hydrogen-bond acceptors (Lipinski definition) is 7. The largest absolute Gasteiger partial charge is 0.479 e. The molecule has 8 heteroatoms. The molecule has 3 aliphatic carbocycles. The van der Waals surface area contributed by atoms with Crippen LogP contribution < -0.4 is 4.74 Å². The van der Waals surface area contributed by atoms with Crippen LogP contribution in [0.2, 0.25) is 0 Å². The number of allylic oxidation sites excluding steroid dienone is 2. The number of benzene rings is 1. The van der Waals surface area contributed by atoms with Gasteiger partial charge in [0.2, 0.25) is 6.29 Å². The van der Waals surface area contributed by atoms with Crippen LogP contribution in [0.3, 0.4) is 0 Å². The third-order valence-corrected chi connectivity index (χ3v) is 7.94. The number of hydrogen-bond donors (Lipinski definition) is 4. The number of aliphatic hydroxyl groups is 3. The average molecular weight is 444 g/mol. The predicted molar refractivity (Wildman–Crippen MR) is 111 cm³/mol. The van der Waals surface area contributed by atoms with Gasteiger partial charge in [0.25, 0.3) is 0 Å². The van der Waals surface area contributed by atoms with Crippen LogP contribution in [-0.4, -0.2) is 62.9 Å². The second-order valence-corrected chi connectivity index (χ2v) is 9.64. The van der Waals surface area contributed by atoms with Crippen molar-refractivity contribution >= 4 is 11.8 Å². The monoisotopic (exact) mass is 444 g/mol. The summed E-state index contributed by atoms with van der Waals surface area (Å²) in [4.78, 5) is 23.8. The Hall–Kier alpha value is -2.26. The summed E-state index contributed by atoms with van der Waals surface area (Å²) >= 11 is 0. The van der Waals surface area contributed by atoms with Crippen molar-refractivity contribution < 1.29 is 39.5 Å². The van der Waals surface area contributed by atoms with E-state index in [2.05, 4.69) is 13.0 Å². The molecule has 8 atom stereocenters. The first-order valence-corrected chi connectivity index (χ1v) is 11.2. The van der Waals surface area contributed by atoms with Gasteiger partial charge in [0.1, 0.15) is 29.8 Å². The van der Waals surface area contributed by atoms with Crippen LogP contribution in [0.25, 0.3) is 0 Å². The van der Waals surface area contributed by atoms with Gasteiger partial charge in [0, 0.05) is 17.8 Å². The fourth-order valence-electron chi connectivity index (χ4n) is 6.08. The lowest BCUT2D eigenvalue weighted by Crippen LogP contribution is -2.61. The van der Waals surface area contributed by atoms with Gasteiger partial charge in [-0.1, -0.05) is 24.6 Å². The van der Waals surface area contributed by atoms with Crippen LogP contribution in [0.15, 0.2) is 29.8 Å². The lowest BCUT2D eigenvalue weighted by molar-refractivity contribution is -0.271. The van der Waals surface area contributed by atoms with E-state index in [9.17, 15) is 30.0 Å². The molecule has 32 heavy (non-hydrogen) atoms. The first kappa shape index (κ1) is 21.6. The third kappa shape index (κ3) is 3.20. The molecule has 0 bridgehead atoms. The zero-order valence-corrected chi connectivity index (χ0v) is 17.8. The van der Waals surface area contributed by atoms with Gasteiger partial charge in [-0.15, -0.1) is 0 Å². The summed E-state index contributed by atoms with van der Waals surface area (Å²) < 4.78 is 10.9. The summed E-state index contributed by atoms with van der Waals surface area (Å²) in [7, 11) is 0. The van der Waals surface area contributed by atoms with Crippen molar-refractivity contribution in [1.82, 2.24) is 0 Å². The number of fused-ring (bicyclic) bond motifs is 5. The molecule has 0 aromatic heterocycles. The van der Waals surface area contributed by atoms with Crippen molar-refractivity contribution in [3.63, 3.8) is 0 Å². The SMILES string of the molecule is C[C@]12CC[C@@H]3C(=CCc4cc(O[C@@H]5OC(C(=O)O)[C@H](O)C(O)C5O)ccc43)[C@H]1CCC2=O. The molecule has 1 aromatic rings. The van der Waals surface area contributed by atoms with E-state index in [1.165, 1.54) is 11.1 Å². The lowest BCUT2D eigenvalue weighted by Gasteiger charge is -2.43. The Bertz CT molecular complexity index is 986. The Balaban J connectivity index is 1.36. The van der Waals surface area contributed by atoms with E-state index >= 15 is 0 Å². The molecule has 0 radical (unpaired) electrons. The van der Waals surface area contributed by atoms with Gasteiger partial charge in [0.05, 0.1) is 0 Å². The lowest BCUT2D eigenvalue weighted by atomic mass is 9.60. The maximum absolute atomic E-state index is 12.5. The Labute approximate surface area is 185 Å². The maximum Gasteiger partial charge on any atom is 0.335 e. The topological polar surface area (TPSA) is 134 Å². The van der Waals surface area contributed by atoms with E-state index in [0.717, 1.165) is 24.8 Å². The molecule has 3 fully saturated rings. The van der Waals surface area contributed by atoms with Gasteiger partial charge in [-0.3, -0.25) is 4.79 Å². The Morgan fingerprint density at radius 2 is 1.94 bits per heavy atom. The van der Waals surface area contributed by atoms with E-state index < -0.39 is 36.7 Å². The number of ketones is 1. The van der Waals surface area contributed by atoms with E-state index in [4.69, 9.17) is 9.47 Å². The number of carbonyl (C=O) groups excluding carboxylic acids is 1.